The lowest BCUT2D eigenvalue weighted by Gasteiger charge is -2.11. The number of thioether (sulfide) groups is 1. The van der Waals surface area contributed by atoms with E-state index < -0.39 is 0 Å². The highest BCUT2D eigenvalue weighted by molar-refractivity contribution is 9.10. The largest absolute Gasteiger partial charge is 0.325 e. The Kier molecular flexibility index (Phi) is 6.34. The molecule has 0 fully saturated rings. The fourth-order valence-electron chi connectivity index (χ4n) is 2.81. The van der Waals surface area contributed by atoms with E-state index in [0.29, 0.717) is 0 Å². The maximum absolute atomic E-state index is 12.4. The highest BCUT2D eigenvalue weighted by Gasteiger charge is 2.15. The second-order valence-electron chi connectivity index (χ2n) is 6.16. The Balaban J connectivity index is 1.71. The zero-order valence-corrected chi connectivity index (χ0v) is 17.9. The Morgan fingerprint density at radius 2 is 1.78 bits per heavy atom. The summed E-state index contributed by atoms with van der Waals surface area (Å²) in [5, 5.41) is 12.4. The average molecular weight is 445 g/mol. The molecular formula is C20H21BrN4OS. The van der Waals surface area contributed by atoms with Crippen molar-refractivity contribution in [2.45, 2.75) is 32.5 Å². The fourth-order valence-corrected chi connectivity index (χ4v) is 3.88. The van der Waals surface area contributed by atoms with Crippen LogP contribution in [0.5, 0.6) is 0 Å². The lowest BCUT2D eigenvalue weighted by molar-refractivity contribution is -0.113. The van der Waals surface area contributed by atoms with Gasteiger partial charge < -0.3 is 9.88 Å². The van der Waals surface area contributed by atoms with Crippen LogP contribution in [0.4, 0.5) is 5.69 Å². The minimum atomic E-state index is -0.0479. The number of rotatable bonds is 6. The summed E-state index contributed by atoms with van der Waals surface area (Å²) in [6, 6.07) is 13.9. The normalized spacial score (nSPS) is 10.8. The molecule has 0 radical (unpaired) electrons. The molecule has 0 saturated carbocycles. The third-order valence-corrected chi connectivity index (χ3v) is 5.71. The fraction of sp³-hybridized carbons (Fsp3) is 0.250. The molecule has 3 aromatic rings. The molecule has 2 aromatic carbocycles. The van der Waals surface area contributed by atoms with Crippen LogP contribution in [0, 0.1) is 13.8 Å². The summed E-state index contributed by atoms with van der Waals surface area (Å²) in [6.07, 6.45) is 0. The molecule has 0 spiro atoms. The van der Waals surface area contributed by atoms with Gasteiger partial charge in [-0.1, -0.05) is 58.0 Å². The Bertz CT molecular complexity index is 933. The molecule has 5 nitrogen and oxygen atoms in total. The number of hydrogen-bond acceptors (Lipinski definition) is 4. The molecule has 0 aliphatic carbocycles. The number of carbonyl (C=O) groups excluding carboxylic acids is 1. The predicted octanol–water partition coefficient (Wildman–Crippen LogP) is 5.08. The van der Waals surface area contributed by atoms with Gasteiger partial charge in [-0.15, -0.1) is 10.2 Å². The van der Waals surface area contributed by atoms with Crippen LogP contribution in [0.1, 0.15) is 18.1 Å². The van der Waals surface area contributed by atoms with Crippen molar-refractivity contribution in [3.05, 3.63) is 58.1 Å². The number of aryl methyl sites for hydroxylation is 2. The number of halogens is 1. The van der Waals surface area contributed by atoms with Gasteiger partial charge in [0.25, 0.3) is 0 Å². The first-order chi connectivity index (χ1) is 13.0. The summed E-state index contributed by atoms with van der Waals surface area (Å²) >= 11 is 4.84. The van der Waals surface area contributed by atoms with E-state index in [9.17, 15) is 4.79 Å². The molecule has 1 N–H and O–H groups in total. The Labute approximate surface area is 171 Å². The maximum Gasteiger partial charge on any atom is 0.234 e. The minimum absolute atomic E-state index is 0.0479. The molecule has 1 aromatic heterocycles. The van der Waals surface area contributed by atoms with E-state index >= 15 is 0 Å². The van der Waals surface area contributed by atoms with Gasteiger partial charge in [0.15, 0.2) is 11.0 Å². The van der Waals surface area contributed by atoms with E-state index in [1.165, 1.54) is 11.8 Å². The molecule has 27 heavy (non-hydrogen) atoms. The molecule has 3 rings (SSSR count). The third kappa shape index (κ3) is 4.59. The second kappa shape index (κ2) is 8.71. The Morgan fingerprint density at radius 3 is 2.41 bits per heavy atom. The van der Waals surface area contributed by atoms with Crippen molar-refractivity contribution < 1.29 is 4.79 Å². The molecule has 0 saturated heterocycles. The van der Waals surface area contributed by atoms with Gasteiger partial charge in [-0.2, -0.15) is 0 Å². The number of benzene rings is 2. The smallest absolute Gasteiger partial charge is 0.234 e. The highest BCUT2D eigenvalue weighted by Crippen LogP contribution is 2.26. The van der Waals surface area contributed by atoms with Crippen LogP contribution in [0.2, 0.25) is 0 Å². The van der Waals surface area contributed by atoms with Crippen molar-refractivity contribution in [1.82, 2.24) is 14.8 Å². The van der Waals surface area contributed by atoms with E-state index in [0.717, 1.165) is 44.4 Å². The lowest BCUT2D eigenvalue weighted by Crippen LogP contribution is -2.16. The Morgan fingerprint density at radius 1 is 1.11 bits per heavy atom. The summed E-state index contributed by atoms with van der Waals surface area (Å²) in [6.45, 7) is 6.77. The van der Waals surface area contributed by atoms with Gasteiger partial charge in [0, 0.05) is 22.3 Å². The van der Waals surface area contributed by atoms with E-state index in [1.54, 1.807) is 0 Å². The lowest BCUT2D eigenvalue weighted by atomic mass is 10.1. The number of carbonyl (C=O) groups is 1. The van der Waals surface area contributed by atoms with Gasteiger partial charge in [0.05, 0.1) is 5.75 Å². The van der Waals surface area contributed by atoms with Gasteiger partial charge in [-0.05, 0) is 44.0 Å². The molecule has 0 atom stereocenters. The van der Waals surface area contributed by atoms with Crippen molar-refractivity contribution >= 4 is 39.3 Å². The number of hydrogen-bond donors (Lipinski definition) is 1. The predicted molar refractivity (Wildman–Crippen MR) is 114 cm³/mol. The first kappa shape index (κ1) is 19.6. The van der Waals surface area contributed by atoms with Crippen molar-refractivity contribution in [3.63, 3.8) is 0 Å². The SMILES string of the molecule is CCn1c(SCC(=O)Nc2c(C)cccc2C)nnc1-c1ccc(Br)cc1. The molecule has 0 aliphatic heterocycles. The molecular weight excluding hydrogens is 424 g/mol. The van der Waals surface area contributed by atoms with Crippen LogP contribution < -0.4 is 5.32 Å². The minimum Gasteiger partial charge on any atom is -0.325 e. The number of nitrogens with one attached hydrogen (secondary N) is 1. The number of para-hydroxylation sites is 1. The molecule has 140 valence electrons. The first-order valence-electron chi connectivity index (χ1n) is 8.67. The molecule has 0 unspecified atom stereocenters. The van der Waals surface area contributed by atoms with E-state index in [1.807, 2.05) is 67.8 Å². The average Bonchev–Trinajstić information content (AvgIpc) is 3.06. The van der Waals surface area contributed by atoms with Gasteiger partial charge >= 0.3 is 0 Å². The molecule has 1 amide bonds. The van der Waals surface area contributed by atoms with Crippen molar-refractivity contribution in [1.29, 1.82) is 0 Å². The maximum atomic E-state index is 12.4. The van der Waals surface area contributed by atoms with Crippen LogP contribution in [0.15, 0.2) is 52.1 Å². The van der Waals surface area contributed by atoms with E-state index in [-0.39, 0.29) is 11.7 Å². The standard InChI is InChI=1S/C20H21BrN4OS/c1-4-25-19(15-8-10-16(21)11-9-15)23-24-20(25)27-12-17(26)22-18-13(2)6-5-7-14(18)3/h5-11H,4,12H2,1-3H3,(H,22,26). The number of nitrogens with zero attached hydrogens (tertiary/aromatic N) is 3. The molecule has 7 heteroatoms. The van der Waals surface area contributed by atoms with Crippen molar-refractivity contribution in [2.75, 3.05) is 11.1 Å². The van der Waals surface area contributed by atoms with Crippen LogP contribution in [0.3, 0.4) is 0 Å². The topological polar surface area (TPSA) is 59.8 Å². The van der Waals surface area contributed by atoms with E-state index in [2.05, 4.69) is 31.4 Å². The zero-order chi connectivity index (χ0) is 19.4. The Hall–Kier alpha value is -2.12. The third-order valence-electron chi connectivity index (χ3n) is 4.21. The summed E-state index contributed by atoms with van der Waals surface area (Å²) in [4.78, 5) is 12.4. The zero-order valence-electron chi connectivity index (χ0n) is 15.5. The number of amides is 1. The van der Waals surface area contributed by atoms with Crippen LogP contribution in [-0.4, -0.2) is 26.4 Å². The second-order valence-corrected chi connectivity index (χ2v) is 8.02. The van der Waals surface area contributed by atoms with Gasteiger partial charge in [-0.3, -0.25) is 4.79 Å². The van der Waals surface area contributed by atoms with E-state index in [4.69, 9.17) is 0 Å². The van der Waals surface area contributed by atoms with Crippen LogP contribution in [0.25, 0.3) is 11.4 Å². The summed E-state index contributed by atoms with van der Waals surface area (Å²) in [5.74, 6) is 1.04. The monoisotopic (exact) mass is 444 g/mol. The van der Waals surface area contributed by atoms with Crippen molar-refractivity contribution in [3.8, 4) is 11.4 Å². The molecule has 0 bridgehead atoms. The molecule has 1 heterocycles. The van der Waals surface area contributed by atoms with Gasteiger partial charge in [0.1, 0.15) is 0 Å². The molecule has 0 aliphatic rings. The number of aromatic nitrogens is 3. The van der Waals surface area contributed by atoms with Gasteiger partial charge in [0.2, 0.25) is 5.91 Å². The van der Waals surface area contributed by atoms with Crippen LogP contribution in [-0.2, 0) is 11.3 Å². The summed E-state index contributed by atoms with van der Waals surface area (Å²) in [7, 11) is 0. The highest BCUT2D eigenvalue weighted by atomic mass is 79.9. The number of anilines is 1. The van der Waals surface area contributed by atoms with Gasteiger partial charge in [-0.25, -0.2) is 0 Å². The quantitative estimate of drug-likeness (QED) is 0.538. The summed E-state index contributed by atoms with van der Waals surface area (Å²) < 4.78 is 3.05. The van der Waals surface area contributed by atoms with Crippen molar-refractivity contribution in [2.24, 2.45) is 0 Å². The van der Waals surface area contributed by atoms with Crippen LogP contribution >= 0.6 is 27.7 Å². The summed E-state index contributed by atoms with van der Waals surface area (Å²) in [5.41, 5.74) is 4.00. The first-order valence-corrected chi connectivity index (χ1v) is 10.5.